The Hall–Kier alpha value is -1.76. The first-order chi connectivity index (χ1) is 12.8. The van der Waals surface area contributed by atoms with Crippen molar-refractivity contribution in [2.75, 3.05) is 6.54 Å². The third-order valence-corrected chi connectivity index (χ3v) is 5.93. The molecule has 12 heteroatoms. The van der Waals surface area contributed by atoms with Crippen LogP contribution in [0.3, 0.4) is 0 Å². The second kappa shape index (κ2) is 8.31. The highest BCUT2D eigenvalue weighted by Gasteiger charge is 2.33. The number of carbonyl (C=O) groups excluding carboxylic acids is 2. The zero-order chi connectivity index (χ0) is 21.3. The van der Waals surface area contributed by atoms with Crippen molar-refractivity contribution < 1.29 is 35.9 Å². The van der Waals surface area contributed by atoms with E-state index >= 15 is 0 Å². The number of halogens is 5. The van der Waals surface area contributed by atoms with E-state index < -0.39 is 49.9 Å². The van der Waals surface area contributed by atoms with Gasteiger partial charge in [0, 0.05) is 8.95 Å². The number of ether oxygens (including phenoxy) is 1. The average molecular weight is 545 g/mol. The standard InChI is InChI=1S/C16H10Br2F3NO5S/c17-10-1-8(15(24)27-14(23)7-22)2-12(5-10)28(25,26)13-4-9(16(19,20)21)3-11(18)6-13/h1-6H,7,22H2. The molecule has 0 spiro atoms. The Balaban J connectivity index is 2.57. The molecule has 0 saturated carbocycles. The number of carbonyl (C=O) groups is 2. The Kier molecular flexibility index (Phi) is 6.69. The highest BCUT2D eigenvalue weighted by Crippen LogP contribution is 2.35. The molecule has 0 unspecified atom stereocenters. The molecule has 6 nitrogen and oxygen atoms in total. The van der Waals surface area contributed by atoms with Gasteiger partial charge in [0.1, 0.15) is 0 Å². The number of nitrogens with two attached hydrogens (primary N) is 1. The maximum Gasteiger partial charge on any atom is 0.416 e. The van der Waals surface area contributed by atoms with E-state index in [2.05, 4.69) is 36.6 Å². The van der Waals surface area contributed by atoms with Crippen LogP contribution < -0.4 is 5.73 Å². The molecule has 0 saturated heterocycles. The van der Waals surface area contributed by atoms with Gasteiger partial charge in [0.2, 0.25) is 9.84 Å². The molecule has 0 radical (unpaired) electrons. The first-order valence-corrected chi connectivity index (χ1v) is 10.3. The van der Waals surface area contributed by atoms with Gasteiger partial charge in [-0.2, -0.15) is 13.2 Å². The lowest BCUT2D eigenvalue weighted by molar-refractivity contribution is -0.138. The maximum atomic E-state index is 13.0. The van der Waals surface area contributed by atoms with Crippen LogP contribution in [0.2, 0.25) is 0 Å². The highest BCUT2D eigenvalue weighted by atomic mass is 79.9. The quantitative estimate of drug-likeness (QED) is 0.465. The molecule has 28 heavy (non-hydrogen) atoms. The lowest BCUT2D eigenvalue weighted by Gasteiger charge is -2.12. The van der Waals surface area contributed by atoms with Crippen LogP contribution in [0.25, 0.3) is 0 Å². The van der Waals surface area contributed by atoms with Gasteiger partial charge in [0.25, 0.3) is 0 Å². The summed E-state index contributed by atoms with van der Waals surface area (Å²) in [6, 6.07) is 5.40. The van der Waals surface area contributed by atoms with Crippen molar-refractivity contribution in [1.82, 2.24) is 0 Å². The molecule has 2 aromatic carbocycles. The fourth-order valence-corrected chi connectivity index (χ4v) is 4.75. The molecular formula is C16H10Br2F3NO5S. The van der Waals surface area contributed by atoms with E-state index in [1.54, 1.807) is 0 Å². The molecule has 0 bridgehead atoms. The van der Waals surface area contributed by atoms with Gasteiger partial charge in [-0.1, -0.05) is 31.9 Å². The van der Waals surface area contributed by atoms with Crippen molar-refractivity contribution in [2.24, 2.45) is 5.73 Å². The van der Waals surface area contributed by atoms with Crippen LogP contribution in [0.15, 0.2) is 55.1 Å². The SMILES string of the molecule is NCC(=O)OC(=O)c1cc(Br)cc(S(=O)(=O)c2cc(Br)cc(C(F)(F)F)c2)c1. The lowest BCUT2D eigenvalue weighted by Crippen LogP contribution is -2.21. The van der Waals surface area contributed by atoms with Gasteiger partial charge in [-0.25, -0.2) is 13.2 Å². The van der Waals surface area contributed by atoms with Gasteiger partial charge in [0.05, 0.1) is 27.5 Å². The first kappa shape index (κ1) is 22.5. The molecule has 2 rings (SSSR count). The van der Waals surface area contributed by atoms with Crippen LogP contribution in [0.5, 0.6) is 0 Å². The van der Waals surface area contributed by atoms with E-state index in [-0.39, 0.29) is 14.5 Å². The normalized spacial score (nSPS) is 11.9. The van der Waals surface area contributed by atoms with Crippen LogP contribution in [-0.4, -0.2) is 26.9 Å². The number of benzene rings is 2. The van der Waals surface area contributed by atoms with E-state index in [4.69, 9.17) is 5.73 Å². The number of hydrogen-bond donors (Lipinski definition) is 1. The van der Waals surface area contributed by atoms with Crippen LogP contribution in [0, 0.1) is 0 Å². The average Bonchev–Trinajstić information content (AvgIpc) is 2.59. The van der Waals surface area contributed by atoms with Crippen molar-refractivity contribution in [2.45, 2.75) is 16.0 Å². The smallest absolute Gasteiger partial charge is 0.388 e. The molecule has 0 fully saturated rings. The van der Waals surface area contributed by atoms with Gasteiger partial charge < -0.3 is 10.5 Å². The van der Waals surface area contributed by atoms with E-state index in [1.807, 2.05) is 0 Å². The molecule has 150 valence electrons. The minimum Gasteiger partial charge on any atom is -0.388 e. The Morgan fingerprint density at radius 3 is 2.04 bits per heavy atom. The molecule has 0 heterocycles. The van der Waals surface area contributed by atoms with Crippen LogP contribution in [0.4, 0.5) is 13.2 Å². The lowest BCUT2D eigenvalue weighted by atomic mass is 10.2. The van der Waals surface area contributed by atoms with Crippen LogP contribution in [0.1, 0.15) is 15.9 Å². The van der Waals surface area contributed by atoms with Crippen molar-refractivity contribution in [3.63, 3.8) is 0 Å². The summed E-state index contributed by atoms with van der Waals surface area (Å²) < 4.78 is 69.1. The third-order valence-electron chi connectivity index (χ3n) is 3.30. The zero-order valence-electron chi connectivity index (χ0n) is 13.6. The predicted octanol–water partition coefficient (Wildman–Crippen LogP) is 3.71. The number of rotatable bonds is 4. The Morgan fingerprint density at radius 2 is 1.50 bits per heavy atom. The van der Waals surface area contributed by atoms with E-state index in [0.29, 0.717) is 6.07 Å². The van der Waals surface area contributed by atoms with Crippen molar-refractivity contribution in [3.8, 4) is 0 Å². The second-order valence-corrected chi connectivity index (χ2v) is 9.10. The van der Waals surface area contributed by atoms with Crippen molar-refractivity contribution in [1.29, 1.82) is 0 Å². The zero-order valence-corrected chi connectivity index (χ0v) is 17.6. The topological polar surface area (TPSA) is 104 Å². The van der Waals surface area contributed by atoms with Crippen molar-refractivity contribution in [3.05, 3.63) is 56.5 Å². The molecule has 0 aliphatic rings. The van der Waals surface area contributed by atoms with Crippen LogP contribution >= 0.6 is 31.9 Å². The molecule has 0 aromatic heterocycles. The van der Waals surface area contributed by atoms with Crippen molar-refractivity contribution >= 4 is 53.6 Å². The number of alkyl halides is 3. The molecule has 0 aliphatic heterocycles. The maximum absolute atomic E-state index is 13.0. The Morgan fingerprint density at radius 1 is 0.964 bits per heavy atom. The summed E-state index contributed by atoms with van der Waals surface area (Å²) in [5.41, 5.74) is 3.57. The summed E-state index contributed by atoms with van der Waals surface area (Å²) in [5.74, 6) is -2.19. The van der Waals surface area contributed by atoms with Gasteiger partial charge >= 0.3 is 18.1 Å². The summed E-state index contributed by atoms with van der Waals surface area (Å²) in [6.07, 6.45) is -4.76. The summed E-state index contributed by atoms with van der Waals surface area (Å²) >= 11 is 5.88. The molecule has 0 amide bonds. The summed E-state index contributed by atoms with van der Waals surface area (Å²) in [4.78, 5) is 22.0. The minimum atomic E-state index is -4.76. The highest BCUT2D eigenvalue weighted by molar-refractivity contribution is 9.10. The van der Waals surface area contributed by atoms with E-state index in [9.17, 15) is 31.2 Å². The van der Waals surface area contributed by atoms with Gasteiger partial charge in [-0.15, -0.1) is 0 Å². The minimum absolute atomic E-state index is 0.0935. The number of hydrogen-bond acceptors (Lipinski definition) is 6. The van der Waals surface area contributed by atoms with Gasteiger partial charge in [-0.05, 0) is 36.4 Å². The van der Waals surface area contributed by atoms with Gasteiger partial charge in [-0.3, -0.25) is 4.79 Å². The summed E-state index contributed by atoms with van der Waals surface area (Å²) in [7, 11) is -4.43. The number of esters is 2. The fourth-order valence-electron chi connectivity index (χ4n) is 2.06. The Bertz CT molecular complexity index is 1050. The second-order valence-electron chi connectivity index (χ2n) is 5.32. The molecule has 2 N–H and O–H groups in total. The van der Waals surface area contributed by atoms with Crippen LogP contribution in [-0.2, 0) is 25.5 Å². The summed E-state index contributed by atoms with van der Waals surface area (Å²) in [6.45, 7) is -0.566. The fraction of sp³-hybridized carbons (Fsp3) is 0.125. The first-order valence-electron chi connectivity index (χ1n) is 7.23. The number of sulfone groups is 1. The third kappa shape index (κ3) is 5.19. The molecule has 2 aromatic rings. The largest absolute Gasteiger partial charge is 0.416 e. The monoisotopic (exact) mass is 543 g/mol. The van der Waals surface area contributed by atoms with E-state index in [1.165, 1.54) is 6.07 Å². The molecular weight excluding hydrogens is 535 g/mol. The summed E-state index contributed by atoms with van der Waals surface area (Å²) in [5, 5.41) is 0. The van der Waals surface area contributed by atoms with E-state index in [0.717, 1.165) is 24.3 Å². The predicted molar refractivity (Wildman–Crippen MR) is 98.2 cm³/mol. The van der Waals surface area contributed by atoms with Gasteiger partial charge in [0.15, 0.2) is 0 Å². The molecule has 0 atom stereocenters. The Labute approximate surface area is 174 Å². The molecule has 0 aliphatic carbocycles.